The molecule has 0 atom stereocenters. The van der Waals surface area contributed by atoms with E-state index < -0.39 is 0 Å². The van der Waals surface area contributed by atoms with Gasteiger partial charge in [0.05, 0.1) is 16.8 Å². The number of nitrogens with zero attached hydrogens (tertiary/aromatic N) is 3. The average molecular weight is 359 g/mol. The number of pyridine rings is 2. The summed E-state index contributed by atoms with van der Waals surface area (Å²) in [5, 5.41) is 29.1. The number of fused-ring (bicyclic) bond motifs is 1. The van der Waals surface area contributed by atoms with Gasteiger partial charge < -0.3 is 15.8 Å². The topological polar surface area (TPSA) is 87.7 Å². The van der Waals surface area contributed by atoms with E-state index in [0.29, 0.717) is 23.8 Å². The van der Waals surface area contributed by atoms with Crippen LogP contribution in [0.2, 0.25) is 0 Å². The molecule has 0 radical (unpaired) electrons. The number of anilines is 2. The minimum Gasteiger partial charge on any atom is -0.618 e. The highest BCUT2D eigenvalue weighted by atomic mass is 16.5. The minimum atomic E-state index is 0.406. The summed E-state index contributed by atoms with van der Waals surface area (Å²) in [6.07, 6.45) is 7.83. The van der Waals surface area contributed by atoms with E-state index >= 15 is 0 Å². The summed E-state index contributed by atoms with van der Waals surface area (Å²) < 4.78 is 0.858. The van der Waals surface area contributed by atoms with Gasteiger partial charge in [0, 0.05) is 35.4 Å². The third-order valence-corrected chi connectivity index (χ3v) is 5.07. The number of aromatic nitrogens is 2. The van der Waals surface area contributed by atoms with E-state index in [1.807, 2.05) is 24.3 Å². The van der Waals surface area contributed by atoms with Crippen LogP contribution in [0.3, 0.4) is 0 Å². The van der Waals surface area contributed by atoms with Crippen LogP contribution >= 0.6 is 0 Å². The molecule has 0 amide bonds. The van der Waals surface area contributed by atoms with E-state index in [1.165, 1.54) is 19.0 Å². The zero-order valence-corrected chi connectivity index (χ0v) is 15.0. The molecule has 2 N–H and O–H groups in total. The molecule has 2 heterocycles. The van der Waals surface area contributed by atoms with Crippen molar-refractivity contribution in [2.45, 2.75) is 38.3 Å². The Morgan fingerprint density at radius 2 is 2.07 bits per heavy atom. The fourth-order valence-electron chi connectivity index (χ4n) is 3.61. The summed E-state index contributed by atoms with van der Waals surface area (Å²) in [4.78, 5) is 4.42. The molecule has 0 spiro atoms. The monoisotopic (exact) mass is 359 g/mol. The van der Waals surface area contributed by atoms with Crippen molar-refractivity contribution in [3.63, 3.8) is 0 Å². The summed E-state index contributed by atoms with van der Waals surface area (Å²) in [7, 11) is 0. The highest BCUT2D eigenvalue weighted by Crippen LogP contribution is 2.31. The lowest BCUT2D eigenvalue weighted by Gasteiger charge is -2.17. The van der Waals surface area contributed by atoms with Crippen molar-refractivity contribution < 1.29 is 4.73 Å². The first kappa shape index (κ1) is 17.1. The van der Waals surface area contributed by atoms with Gasteiger partial charge in [-0.15, -0.1) is 0 Å². The average Bonchev–Trinajstić information content (AvgIpc) is 3.21. The zero-order chi connectivity index (χ0) is 18.6. The number of hydrogen-bond acceptors (Lipinski definition) is 5. The highest BCUT2D eigenvalue weighted by molar-refractivity contribution is 5.96. The Hall–Kier alpha value is -3.33. The second-order valence-corrected chi connectivity index (χ2v) is 6.89. The first-order valence-electron chi connectivity index (χ1n) is 9.25. The molecule has 3 aromatic rings. The molecule has 1 fully saturated rings. The maximum atomic E-state index is 11.8. The predicted octanol–water partition coefficient (Wildman–Crippen LogP) is 3.71. The van der Waals surface area contributed by atoms with Gasteiger partial charge in [0.2, 0.25) is 5.69 Å². The summed E-state index contributed by atoms with van der Waals surface area (Å²) in [5.74, 6) is 0. The first-order valence-corrected chi connectivity index (χ1v) is 9.25. The standard InChI is InChI=1S/C21H21N5O/c22-12-15-13-24-20-9-8-17(23-14-18-7-3-4-10-26(18)27)11-19(20)21(15)25-16-5-1-2-6-16/h3-4,7-11,13,16,23H,1-2,5-6,14H2,(H,24,25). The maximum Gasteiger partial charge on any atom is 0.211 e. The SMILES string of the molecule is N#Cc1cnc2ccc(NCc3cccc[n+]3[O-])cc2c1NC1CCCC1. The van der Waals surface area contributed by atoms with Gasteiger partial charge in [-0.25, -0.2) is 0 Å². The third kappa shape index (κ3) is 3.63. The molecule has 4 rings (SSSR count). The summed E-state index contributed by atoms with van der Waals surface area (Å²) in [6, 6.07) is 13.9. The van der Waals surface area contributed by atoms with Gasteiger partial charge in [-0.2, -0.15) is 9.99 Å². The molecule has 0 saturated heterocycles. The Kier molecular flexibility index (Phi) is 4.75. The molecular weight excluding hydrogens is 338 g/mol. The van der Waals surface area contributed by atoms with Gasteiger partial charge in [-0.3, -0.25) is 4.98 Å². The van der Waals surface area contributed by atoms with Crippen LogP contribution in [0.4, 0.5) is 11.4 Å². The number of rotatable bonds is 5. The van der Waals surface area contributed by atoms with Crippen molar-refractivity contribution in [2.75, 3.05) is 10.6 Å². The van der Waals surface area contributed by atoms with Crippen LogP contribution in [0, 0.1) is 16.5 Å². The lowest BCUT2D eigenvalue weighted by atomic mass is 10.1. The van der Waals surface area contributed by atoms with Gasteiger partial charge >= 0.3 is 0 Å². The van der Waals surface area contributed by atoms with E-state index in [-0.39, 0.29) is 0 Å². The van der Waals surface area contributed by atoms with Crippen molar-refractivity contribution in [2.24, 2.45) is 0 Å². The van der Waals surface area contributed by atoms with Crippen LogP contribution in [0.15, 0.2) is 48.8 Å². The Bertz CT molecular complexity index is 1010. The van der Waals surface area contributed by atoms with Crippen molar-refractivity contribution in [1.82, 2.24) is 4.98 Å². The molecule has 0 aliphatic heterocycles. The Balaban J connectivity index is 1.65. The lowest BCUT2D eigenvalue weighted by Crippen LogP contribution is -2.32. The van der Waals surface area contributed by atoms with Crippen molar-refractivity contribution in [3.05, 3.63) is 65.3 Å². The molecular formula is C21H21N5O. The van der Waals surface area contributed by atoms with Crippen LogP contribution in [0.25, 0.3) is 10.9 Å². The Labute approximate surface area is 158 Å². The predicted molar refractivity (Wildman–Crippen MR) is 105 cm³/mol. The van der Waals surface area contributed by atoms with E-state index in [9.17, 15) is 10.5 Å². The number of hydrogen-bond donors (Lipinski definition) is 2. The fourth-order valence-corrected chi connectivity index (χ4v) is 3.61. The van der Waals surface area contributed by atoms with E-state index in [1.54, 1.807) is 18.3 Å². The fraction of sp³-hybridized carbons (Fsp3) is 0.286. The highest BCUT2D eigenvalue weighted by Gasteiger charge is 2.18. The molecule has 136 valence electrons. The van der Waals surface area contributed by atoms with Gasteiger partial charge in [-0.05, 0) is 37.1 Å². The molecule has 0 unspecified atom stereocenters. The van der Waals surface area contributed by atoms with Gasteiger partial charge in [0.15, 0.2) is 6.20 Å². The second-order valence-electron chi connectivity index (χ2n) is 6.89. The molecule has 1 aromatic carbocycles. The van der Waals surface area contributed by atoms with Gasteiger partial charge in [-0.1, -0.05) is 12.8 Å². The number of benzene rings is 1. The van der Waals surface area contributed by atoms with Crippen LogP contribution in [0.1, 0.15) is 36.9 Å². The van der Waals surface area contributed by atoms with Crippen molar-refractivity contribution in [1.29, 1.82) is 5.26 Å². The molecule has 1 saturated carbocycles. The Morgan fingerprint density at radius 1 is 1.22 bits per heavy atom. The lowest BCUT2D eigenvalue weighted by molar-refractivity contribution is -0.613. The van der Waals surface area contributed by atoms with Crippen LogP contribution < -0.4 is 15.4 Å². The van der Waals surface area contributed by atoms with E-state index in [0.717, 1.165) is 39.8 Å². The van der Waals surface area contributed by atoms with Crippen LogP contribution in [-0.4, -0.2) is 11.0 Å². The van der Waals surface area contributed by atoms with Crippen molar-refractivity contribution in [3.8, 4) is 6.07 Å². The molecule has 0 bridgehead atoms. The summed E-state index contributed by atoms with van der Waals surface area (Å²) in [6.45, 7) is 0.423. The smallest absolute Gasteiger partial charge is 0.211 e. The maximum absolute atomic E-state index is 11.8. The van der Waals surface area contributed by atoms with Crippen molar-refractivity contribution >= 4 is 22.3 Å². The molecule has 2 aromatic heterocycles. The van der Waals surface area contributed by atoms with Gasteiger partial charge in [0.1, 0.15) is 12.6 Å². The minimum absolute atomic E-state index is 0.406. The molecule has 1 aliphatic carbocycles. The van der Waals surface area contributed by atoms with E-state index in [4.69, 9.17) is 0 Å². The van der Waals surface area contributed by atoms with Gasteiger partial charge in [0.25, 0.3) is 0 Å². The molecule has 6 nitrogen and oxygen atoms in total. The second kappa shape index (κ2) is 7.50. The summed E-state index contributed by atoms with van der Waals surface area (Å²) >= 11 is 0. The summed E-state index contributed by atoms with van der Waals surface area (Å²) in [5.41, 5.74) is 3.80. The number of nitrogens with one attached hydrogen (secondary N) is 2. The Morgan fingerprint density at radius 3 is 2.85 bits per heavy atom. The third-order valence-electron chi connectivity index (χ3n) is 5.07. The molecule has 27 heavy (non-hydrogen) atoms. The zero-order valence-electron chi connectivity index (χ0n) is 15.0. The van der Waals surface area contributed by atoms with E-state index in [2.05, 4.69) is 21.7 Å². The molecule has 6 heteroatoms. The largest absolute Gasteiger partial charge is 0.618 e. The normalized spacial score (nSPS) is 14.2. The first-order chi connectivity index (χ1) is 13.2. The quantitative estimate of drug-likeness (QED) is 0.536. The number of nitriles is 1. The van der Waals surface area contributed by atoms with Crippen LogP contribution in [0.5, 0.6) is 0 Å². The van der Waals surface area contributed by atoms with Crippen LogP contribution in [-0.2, 0) is 6.54 Å². The molecule has 1 aliphatic rings.